The van der Waals surface area contributed by atoms with Gasteiger partial charge in [-0.05, 0) is 24.3 Å². The molecule has 0 saturated heterocycles. The summed E-state index contributed by atoms with van der Waals surface area (Å²) in [6.45, 7) is 0.641. The van der Waals surface area contributed by atoms with Gasteiger partial charge in [-0.3, -0.25) is 0 Å². The highest BCUT2D eigenvalue weighted by Gasteiger charge is 2.06. The Hall–Kier alpha value is -2.87. The van der Waals surface area contributed by atoms with Gasteiger partial charge in [0.1, 0.15) is 30.8 Å². The Labute approximate surface area is 129 Å². The van der Waals surface area contributed by atoms with Crippen molar-refractivity contribution in [1.82, 2.24) is 0 Å². The molecule has 2 rings (SSSR count). The number of benzene rings is 2. The molecule has 5 nitrogen and oxygen atoms in total. The minimum Gasteiger partial charge on any atom is -0.497 e. The molecule has 0 aromatic heterocycles. The highest BCUT2D eigenvalue weighted by Crippen LogP contribution is 2.26. The molecule has 0 spiro atoms. The smallest absolute Gasteiger partial charge is 0.161 e. The predicted molar refractivity (Wildman–Crippen MR) is 81.7 cm³/mol. The van der Waals surface area contributed by atoms with Crippen LogP contribution in [-0.4, -0.2) is 27.4 Å². The van der Waals surface area contributed by atoms with Crippen LogP contribution < -0.4 is 18.9 Å². The van der Waals surface area contributed by atoms with E-state index in [4.69, 9.17) is 24.2 Å². The normalized spacial score (nSPS) is 9.68. The van der Waals surface area contributed by atoms with Gasteiger partial charge < -0.3 is 18.9 Å². The van der Waals surface area contributed by atoms with Crippen LogP contribution in [0.5, 0.6) is 23.0 Å². The first-order chi connectivity index (χ1) is 10.8. The van der Waals surface area contributed by atoms with E-state index in [0.29, 0.717) is 41.8 Å². The topological polar surface area (TPSA) is 60.7 Å². The minimum absolute atomic E-state index is 0.305. The first-order valence-electron chi connectivity index (χ1n) is 6.75. The monoisotopic (exact) mass is 299 g/mol. The van der Waals surface area contributed by atoms with Gasteiger partial charge in [-0.25, -0.2) is 0 Å². The van der Waals surface area contributed by atoms with Crippen molar-refractivity contribution < 1.29 is 18.9 Å². The van der Waals surface area contributed by atoms with Gasteiger partial charge >= 0.3 is 0 Å². The standard InChI is InChI=1S/C17H17NO4/c1-19-14-8-7-13(12-18)17(11-14)22-10-9-21-16-6-4-3-5-15(16)20-2/h3-8,11H,9-10H2,1-2H3. The van der Waals surface area contributed by atoms with E-state index >= 15 is 0 Å². The molecule has 0 aliphatic heterocycles. The summed E-state index contributed by atoms with van der Waals surface area (Å²) in [5.41, 5.74) is 0.457. The van der Waals surface area contributed by atoms with Crippen molar-refractivity contribution in [2.45, 2.75) is 0 Å². The number of ether oxygens (including phenoxy) is 4. The Balaban J connectivity index is 1.93. The Morgan fingerprint density at radius 1 is 0.864 bits per heavy atom. The molecule has 22 heavy (non-hydrogen) atoms. The van der Waals surface area contributed by atoms with Crippen molar-refractivity contribution in [3.8, 4) is 29.1 Å². The van der Waals surface area contributed by atoms with Gasteiger partial charge in [0.15, 0.2) is 11.5 Å². The van der Waals surface area contributed by atoms with Gasteiger partial charge in [-0.2, -0.15) is 5.26 Å². The fourth-order valence-corrected chi connectivity index (χ4v) is 1.88. The summed E-state index contributed by atoms with van der Waals surface area (Å²) in [6, 6.07) is 14.5. The Bertz CT molecular complexity index is 664. The van der Waals surface area contributed by atoms with E-state index in [1.54, 1.807) is 32.4 Å². The van der Waals surface area contributed by atoms with E-state index in [0.717, 1.165) is 0 Å². The van der Waals surface area contributed by atoms with E-state index in [1.165, 1.54) is 0 Å². The summed E-state index contributed by atoms with van der Waals surface area (Å²) in [5.74, 6) is 2.44. The molecule has 0 saturated carbocycles. The zero-order valence-corrected chi connectivity index (χ0v) is 12.5. The Kier molecular flexibility index (Phi) is 5.50. The number of nitriles is 1. The van der Waals surface area contributed by atoms with E-state index in [-0.39, 0.29) is 0 Å². The molecule has 0 amide bonds. The molecular formula is C17H17NO4. The summed E-state index contributed by atoms with van der Waals surface area (Å²) in [4.78, 5) is 0. The van der Waals surface area contributed by atoms with E-state index < -0.39 is 0 Å². The lowest BCUT2D eigenvalue weighted by molar-refractivity contribution is 0.210. The number of hydrogen-bond donors (Lipinski definition) is 0. The lowest BCUT2D eigenvalue weighted by Crippen LogP contribution is -2.10. The second-order valence-corrected chi connectivity index (χ2v) is 4.32. The second kappa shape index (κ2) is 7.79. The highest BCUT2D eigenvalue weighted by atomic mass is 16.5. The third kappa shape index (κ3) is 3.83. The van der Waals surface area contributed by atoms with E-state index in [2.05, 4.69) is 6.07 Å². The van der Waals surface area contributed by atoms with Crippen LogP contribution in [-0.2, 0) is 0 Å². The van der Waals surface area contributed by atoms with Crippen LogP contribution in [0, 0.1) is 11.3 Å². The zero-order valence-electron chi connectivity index (χ0n) is 12.5. The number of hydrogen-bond acceptors (Lipinski definition) is 5. The molecule has 0 aliphatic rings. The molecule has 0 bridgehead atoms. The molecule has 0 fully saturated rings. The zero-order chi connectivity index (χ0) is 15.8. The van der Waals surface area contributed by atoms with Gasteiger partial charge in [0, 0.05) is 6.07 Å². The van der Waals surface area contributed by atoms with Crippen LogP contribution in [0.1, 0.15) is 5.56 Å². The van der Waals surface area contributed by atoms with Crippen molar-refractivity contribution in [3.05, 3.63) is 48.0 Å². The van der Waals surface area contributed by atoms with Gasteiger partial charge in [0.2, 0.25) is 0 Å². The summed E-state index contributed by atoms with van der Waals surface area (Å²) in [5, 5.41) is 9.07. The summed E-state index contributed by atoms with van der Waals surface area (Å²) < 4.78 is 21.5. The maximum absolute atomic E-state index is 9.07. The fourth-order valence-electron chi connectivity index (χ4n) is 1.88. The van der Waals surface area contributed by atoms with Gasteiger partial charge in [0.25, 0.3) is 0 Å². The summed E-state index contributed by atoms with van der Waals surface area (Å²) >= 11 is 0. The highest BCUT2D eigenvalue weighted by molar-refractivity contribution is 5.47. The van der Waals surface area contributed by atoms with Crippen LogP contribution >= 0.6 is 0 Å². The van der Waals surface area contributed by atoms with Crippen molar-refractivity contribution in [1.29, 1.82) is 5.26 Å². The maximum Gasteiger partial charge on any atom is 0.161 e. The summed E-state index contributed by atoms with van der Waals surface area (Å²) in [6.07, 6.45) is 0. The van der Waals surface area contributed by atoms with Gasteiger partial charge in [-0.15, -0.1) is 0 Å². The van der Waals surface area contributed by atoms with Crippen molar-refractivity contribution in [2.75, 3.05) is 27.4 Å². The first-order valence-corrected chi connectivity index (χ1v) is 6.75. The molecule has 0 heterocycles. The van der Waals surface area contributed by atoms with Crippen molar-refractivity contribution >= 4 is 0 Å². The lowest BCUT2D eigenvalue weighted by atomic mass is 10.2. The largest absolute Gasteiger partial charge is 0.497 e. The van der Waals surface area contributed by atoms with Crippen LogP contribution in [0.25, 0.3) is 0 Å². The third-order valence-electron chi connectivity index (χ3n) is 2.98. The van der Waals surface area contributed by atoms with Crippen LogP contribution in [0.3, 0.4) is 0 Å². The maximum atomic E-state index is 9.07. The molecular weight excluding hydrogens is 282 g/mol. The molecule has 5 heteroatoms. The Morgan fingerprint density at radius 2 is 1.55 bits per heavy atom. The number of rotatable bonds is 7. The van der Waals surface area contributed by atoms with Gasteiger partial charge in [0.05, 0.1) is 19.8 Å². The molecule has 0 unspecified atom stereocenters. The first kappa shape index (κ1) is 15.5. The molecule has 0 radical (unpaired) electrons. The van der Waals surface area contributed by atoms with Crippen LogP contribution in [0.2, 0.25) is 0 Å². The SMILES string of the molecule is COc1ccc(C#N)c(OCCOc2ccccc2OC)c1. The predicted octanol–water partition coefficient (Wildman–Crippen LogP) is 3.03. The lowest BCUT2D eigenvalue weighted by Gasteiger charge is -2.12. The van der Waals surface area contributed by atoms with Gasteiger partial charge in [-0.1, -0.05) is 12.1 Å². The number of methoxy groups -OCH3 is 2. The number of nitrogens with zero attached hydrogens (tertiary/aromatic N) is 1. The van der Waals surface area contributed by atoms with Crippen molar-refractivity contribution in [2.24, 2.45) is 0 Å². The molecule has 114 valence electrons. The average molecular weight is 299 g/mol. The van der Waals surface area contributed by atoms with E-state index in [9.17, 15) is 0 Å². The number of para-hydroxylation sites is 2. The van der Waals surface area contributed by atoms with E-state index in [1.807, 2.05) is 24.3 Å². The minimum atomic E-state index is 0.305. The molecule has 0 N–H and O–H groups in total. The average Bonchev–Trinajstić information content (AvgIpc) is 2.58. The molecule has 0 aliphatic carbocycles. The third-order valence-corrected chi connectivity index (χ3v) is 2.98. The Morgan fingerprint density at radius 3 is 2.18 bits per heavy atom. The quantitative estimate of drug-likeness (QED) is 0.735. The fraction of sp³-hybridized carbons (Fsp3) is 0.235. The second-order valence-electron chi connectivity index (χ2n) is 4.32. The molecule has 2 aromatic rings. The van der Waals surface area contributed by atoms with Crippen molar-refractivity contribution in [3.63, 3.8) is 0 Å². The van der Waals surface area contributed by atoms with Crippen LogP contribution in [0.4, 0.5) is 0 Å². The molecule has 0 atom stereocenters. The summed E-state index contributed by atoms with van der Waals surface area (Å²) in [7, 11) is 3.16. The van der Waals surface area contributed by atoms with Crippen LogP contribution in [0.15, 0.2) is 42.5 Å². The molecule has 2 aromatic carbocycles.